The normalized spacial score (nSPS) is 17.8. The monoisotopic (exact) mass is 528 g/mol. The number of amides is 5. The lowest BCUT2D eigenvalue weighted by atomic mass is 10.0. The molecule has 38 heavy (non-hydrogen) atoms. The topological polar surface area (TPSA) is 125 Å². The van der Waals surface area contributed by atoms with Gasteiger partial charge in [-0.15, -0.1) is 0 Å². The summed E-state index contributed by atoms with van der Waals surface area (Å²) in [7, 11) is 0. The van der Waals surface area contributed by atoms with Gasteiger partial charge >= 0.3 is 6.18 Å². The van der Waals surface area contributed by atoms with Crippen molar-refractivity contribution in [2.45, 2.75) is 44.8 Å². The van der Waals surface area contributed by atoms with Crippen molar-refractivity contribution in [3.05, 3.63) is 70.9 Å². The van der Waals surface area contributed by atoms with E-state index >= 15 is 0 Å². The van der Waals surface area contributed by atoms with Crippen LogP contribution in [0.25, 0.3) is 0 Å². The first-order chi connectivity index (χ1) is 17.9. The summed E-state index contributed by atoms with van der Waals surface area (Å²) in [5.74, 6) is -3.03. The Morgan fingerprint density at radius 2 is 1.84 bits per heavy atom. The van der Waals surface area contributed by atoms with E-state index in [0.29, 0.717) is 11.3 Å². The highest BCUT2D eigenvalue weighted by atomic mass is 19.4. The number of anilines is 2. The van der Waals surface area contributed by atoms with Crippen LogP contribution in [-0.2, 0) is 36.6 Å². The minimum Gasteiger partial charge on any atom is -0.351 e. The van der Waals surface area contributed by atoms with Crippen LogP contribution in [-0.4, -0.2) is 40.5 Å². The largest absolute Gasteiger partial charge is 0.416 e. The minimum atomic E-state index is -4.53. The summed E-state index contributed by atoms with van der Waals surface area (Å²) < 4.78 is 39.4. The van der Waals surface area contributed by atoms with E-state index in [1.165, 1.54) is 19.1 Å². The number of piperidine rings is 1. The maximum atomic E-state index is 13.1. The molecule has 0 radical (unpaired) electrons. The summed E-state index contributed by atoms with van der Waals surface area (Å²) in [5, 5.41) is 7.44. The predicted octanol–water partition coefficient (Wildman–Crippen LogP) is 3.05. The zero-order valence-electron chi connectivity index (χ0n) is 20.1. The van der Waals surface area contributed by atoms with Gasteiger partial charge in [0, 0.05) is 30.3 Å². The van der Waals surface area contributed by atoms with Crippen molar-refractivity contribution in [1.29, 1.82) is 0 Å². The number of imide groups is 2. The van der Waals surface area contributed by atoms with E-state index in [0.717, 1.165) is 17.0 Å². The fraction of sp³-hybridized carbons (Fsp3) is 0.269. The molecule has 1 atom stereocenters. The van der Waals surface area contributed by atoms with Crippen LogP contribution in [0.1, 0.15) is 36.0 Å². The number of aryl methyl sites for hydroxylation is 2. The molecular weight excluding hydrogens is 505 g/mol. The lowest BCUT2D eigenvalue weighted by molar-refractivity contribution is -0.149. The molecule has 0 aromatic heterocycles. The van der Waals surface area contributed by atoms with Crippen LogP contribution < -0.4 is 16.0 Å². The molecule has 9 nitrogen and oxygen atoms in total. The number of nitrogens with zero attached hydrogens (tertiary/aromatic N) is 1. The number of hydrogen-bond donors (Lipinski definition) is 3. The summed E-state index contributed by atoms with van der Waals surface area (Å²) in [6.45, 7) is 1.34. The van der Waals surface area contributed by atoms with E-state index in [4.69, 9.17) is 0 Å². The average molecular weight is 528 g/mol. The van der Waals surface area contributed by atoms with E-state index in [2.05, 4.69) is 16.0 Å². The number of rotatable bonds is 7. The van der Waals surface area contributed by atoms with Gasteiger partial charge < -0.3 is 10.6 Å². The van der Waals surface area contributed by atoms with E-state index in [1.807, 2.05) is 0 Å². The molecule has 2 aliphatic heterocycles. The molecule has 0 bridgehead atoms. The van der Waals surface area contributed by atoms with Gasteiger partial charge in [-0.05, 0) is 55.2 Å². The molecule has 198 valence electrons. The van der Waals surface area contributed by atoms with Crippen molar-refractivity contribution >= 4 is 40.9 Å². The lowest BCUT2D eigenvalue weighted by Gasteiger charge is -2.28. The standard InChI is InChI=1S/C26H23F3N4O5/c1-14-5-7-17(12-18(14)26(27,28)29)31-21(34)9-6-15-3-2-4-16(11-15)30-19-13-23(36)33(25(19)38)20-8-10-22(35)32-24(20)37/h2-5,7,11-13,20,30H,6,8-10H2,1H3,(H,31,34)(H,32,35,37). The highest BCUT2D eigenvalue weighted by molar-refractivity contribution is 6.20. The Kier molecular flexibility index (Phi) is 7.33. The third kappa shape index (κ3) is 5.90. The fourth-order valence-corrected chi connectivity index (χ4v) is 4.24. The SMILES string of the molecule is Cc1ccc(NC(=O)CCc2cccc(NC3=CC(=O)N(C4CCC(=O)NC4=O)C3=O)c2)cc1C(F)(F)F. The van der Waals surface area contributed by atoms with Crippen molar-refractivity contribution in [1.82, 2.24) is 10.2 Å². The number of carbonyl (C=O) groups is 5. The molecule has 5 amide bonds. The van der Waals surface area contributed by atoms with Crippen LogP contribution >= 0.6 is 0 Å². The number of carbonyl (C=O) groups excluding carboxylic acids is 5. The molecule has 4 rings (SSSR count). The Balaban J connectivity index is 1.36. The van der Waals surface area contributed by atoms with Crippen LogP contribution in [0.3, 0.4) is 0 Å². The lowest BCUT2D eigenvalue weighted by Crippen LogP contribution is -2.54. The van der Waals surface area contributed by atoms with Gasteiger partial charge in [-0.3, -0.25) is 34.2 Å². The molecular formula is C26H23F3N4O5. The second kappa shape index (κ2) is 10.5. The Morgan fingerprint density at radius 3 is 2.55 bits per heavy atom. The van der Waals surface area contributed by atoms with Crippen LogP contribution in [0.5, 0.6) is 0 Å². The minimum absolute atomic E-state index is 0.0118. The number of benzene rings is 2. The third-order valence-electron chi connectivity index (χ3n) is 6.15. The van der Waals surface area contributed by atoms with E-state index in [-0.39, 0.29) is 42.6 Å². The molecule has 2 aromatic rings. The number of alkyl halides is 3. The molecule has 0 saturated carbocycles. The number of nitrogens with one attached hydrogen (secondary N) is 3. The molecule has 1 fully saturated rings. The summed E-state index contributed by atoms with van der Waals surface area (Å²) in [6.07, 6.45) is -3.16. The van der Waals surface area contributed by atoms with Gasteiger partial charge in [0.2, 0.25) is 17.7 Å². The molecule has 0 spiro atoms. The molecule has 2 heterocycles. The molecule has 2 aromatic carbocycles. The summed E-state index contributed by atoms with van der Waals surface area (Å²) in [4.78, 5) is 61.9. The Labute approximate surface area is 215 Å². The van der Waals surface area contributed by atoms with Crippen LogP contribution in [0.4, 0.5) is 24.5 Å². The Bertz CT molecular complexity index is 1370. The maximum absolute atomic E-state index is 13.1. The van der Waals surface area contributed by atoms with Gasteiger partial charge in [-0.2, -0.15) is 13.2 Å². The summed E-state index contributed by atoms with van der Waals surface area (Å²) >= 11 is 0. The quantitative estimate of drug-likeness (QED) is 0.475. The van der Waals surface area contributed by atoms with E-state index in [1.54, 1.807) is 24.3 Å². The zero-order chi connectivity index (χ0) is 27.6. The van der Waals surface area contributed by atoms with Crippen LogP contribution in [0.2, 0.25) is 0 Å². The number of halogens is 3. The average Bonchev–Trinajstić information content (AvgIpc) is 3.11. The summed E-state index contributed by atoms with van der Waals surface area (Å²) in [6, 6.07) is 9.22. The van der Waals surface area contributed by atoms with Gasteiger partial charge in [0.1, 0.15) is 11.7 Å². The Hall–Kier alpha value is -4.48. The highest BCUT2D eigenvalue weighted by Crippen LogP contribution is 2.33. The Morgan fingerprint density at radius 1 is 1.08 bits per heavy atom. The van der Waals surface area contributed by atoms with Gasteiger partial charge in [0.25, 0.3) is 11.8 Å². The molecule has 1 saturated heterocycles. The van der Waals surface area contributed by atoms with Gasteiger partial charge in [0.15, 0.2) is 0 Å². The smallest absolute Gasteiger partial charge is 0.351 e. The van der Waals surface area contributed by atoms with Crippen molar-refractivity contribution in [3.63, 3.8) is 0 Å². The molecule has 12 heteroatoms. The molecule has 2 aliphatic rings. The molecule has 1 unspecified atom stereocenters. The van der Waals surface area contributed by atoms with Gasteiger partial charge in [0.05, 0.1) is 5.56 Å². The summed E-state index contributed by atoms with van der Waals surface area (Å²) in [5.41, 5.74) is 0.380. The first-order valence-corrected chi connectivity index (χ1v) is 11.7. The predicted molar refractivity (Wildman–Crippen MR) is 129 cm³/mol. The van der Waals surface area contributed by atoms with Gasteiger partial charge in [-0.1, -0.05) is 18.2 Å². The van der Waals surface area contributed by atoms with Crippen molar-refractivity contribution in [2.75, 3.05) is 10.6 Å². The first-order valence-electron chi connectivity index (χ1n) is 11.7. The van der Waals surface area contributed by atoms with Crippen molar-refractivity contribution < 1.29 is 37.1 Å². The number of hydrogen-bond acceptors (Lipinski definition) is 6. The van der Waals surface area contributed by atoms with Crippen molar-refractivity contribution in [3.8, 4) is 0 Å². The van der Waals surface area contributed by atoms with Gasteiger partial charge in [-0.25, -0.2) is 0 Å². The van der Waals surface area contributed by atoms with E-state index in [9.17, 15) is 37.1 Å². The third-order valence-corrected chi connectivity index (χ3v) is 6.15. The zero-order valence-corrected chi connectivity index (χ0v) is 20.1. The fourth-order valence-electron chi connectivity index (χ4n) is 4.24. The highest BCUT2D eigenvalue weighted by Gasteiger charge is 2.42. The van der Waals surface area contributed by atoms with Crippen LogP contribution in [0, 0.1) is 6.92 Å². The van der Waals surface area contributed by atoms with E-state index < -0.39 is 47.3 Å². The second-order valence-corrected chi connectivity index (χ2v) is 8.94. The van der Waals surface area contributed by atoms with Crippen molar-refractivity contribution in [2.24, 2.45) is 0 Å². The van der Waals surface area contributed by atoms with Crippen LogP contribution in [0.15, 0.2) is 54.2 Å². The molecule has 3 N–H and O–H groups in total. The molecule has 0 aliphatic carbocycles. The first kappa shape index (κ1) is 26.6. The second-order valence-electron chi connectivity index (χ2n) is 8.94. The maximum Gasteiger partial charge on any atom is 0.416 e.